The van der Waals surface area contributed by atoms with Gasteiger partial charge in [-0.05, 0) is 30.5 Å². The number of ether oxygens (including phenoxy) is 2. The third-order valence-electron chi connectivity index (χ3n) is 2.30. The van der Waals surface area contributed by atoms with Crippen molar-refractivity contribution < 1.29 is 14.6 Å². The summed E-state index contributed by atoms with van der Waals surface area (Å²) in [6.07, 6.45) is 1.13. The maximum Gasteiger partial charge on any atom is 0.119 e. The minimum atomic E-state index is -0.435. The molecule has 0 fully saturated rings. The highest BCUT2D eigenvalue weighted by atomic mass is 16.5. The van der Waals surface area contributed by atoms with Crippen LogP contribution >= 0.6 is 0 Å². The molecule has 1 unspecified atom stereocenters. The fraction of sp³-hybridized carbons (Fsp3) is 0.500. The topological polar surface area (TPSA) is 38.7 Å². The van der Waals surface area contributed by atoms with Crippen LogP contribution in [0, 0.1) is 0 Å². The Bertz CT molecular complexity index is 286. The minimum Gasteiger partial charge on any atom is -0.497 e. The molecule has 1 rings (SSSR count). The summed E-state index contributed by atoms with van der Waals surface area (Å²) in [5, 5.41) is 9.86. The molecule has 1 aromatic carbocycles. The van der Waals surface area contributed by atoms with Crippen molar-refractivity contribution in [2.45, 2.75) is 18.9 Å². The molecule has 0 radical (unpaired) electrons. The third-order valence-corrected chi connectivity index (χ3v) is 2.30. The summed E-state index contributed by atoms with van der Waals surface area (Å²) in [5.41, 5.74) is 0.894. The van der Waals surface area contributed by atoms with Crippen LogP contribution in [0.4, 0.5) is 0 Å². The summed E-state index contributed by atoms with van der Waals surface area (Å²) >= 11 is 0. The largest absolute Gasteiger partial charge is 0.497 e. The van der Waals surface area contributed by atoms with E-state index in [1.165, 1.54) is 0 Å². The number of aliphatic hydroxyl groups excluding tert-OH is 1. The first-order valence-corrected chi connectivity index (χ1v) is 5.09. The predicted molar refractivity (Wildman–Crippen MR) is 59.1 cm³/mol. The van der Waals surface area contributed by atoms with Gasteiger partial charge in [0.15, 0.2) is 0 Å². The van der Waals surface area contributed by atoms with Crippen molar-refractivity contribution in [3.05, 3.63) is 29.8 Å². The van der Waals surface area contributed by atoms with Crippen molar-refractivity contribution in [1.82, 2.24) is 0 Å². The molecule has 0 aliphatic carbocycles. The molecule has 1 atom stereocenters. The van der Waals surface area contributed by atoms with Gasteiger partial charge in [-0.15, -0.1) is 0 Å². The Labute approximate surface area is 90.6 Å². The summed E-state index contributed by atoms with van der Waals surface area (Å²) in [7, 11) is 3.29. The maximum atomic E-state index is 9.86. The Hall–Kier alpha value is -1.06. The molecule has 0 saturated carbocycles. The van der Waals surface area contributed by atoms with Crippen molar-refractivity contribution in [1.29, 1.82) is 0 Å². The molecule has 3 heteroatoms. The fourth-order valence-electron chi connectivity index (χ4n) is 1.44. The molecule has 3 nitrogen and oxygen atoms in total. The summed E-state index contributed by atoms with van der Waals surface area (Å²) in [4.78, 5) is 0. The van der Waals surface area contributed by atoms with E-state index < -0.39 is 6.10 Å². The second-order valence-corrected chi connectivity index (χ2v) is 3.43. The van der Waals surface area contributed by atoms with E-state index in [0.29, 0.717) is 13.0 Å². The Morgan fingerprint density at radius 3 is 2.80 bits per heavy atom. The van der Waals surface area contributed by atoms with Crippen molar-refractivity contribution >= 4 is 0 Å². The maximum absolute atomic E-state index is 9.86. The lowest BCUT2D eigenvalue weighted by Crippen LogP contribution is -2.00. The van der Waals surface area contributed by atoms with Gasteiger partial charge in [0.25, 0.3) is 0 Å². The first-order valence-electron chi connectivity index (χ1n) is 5.09. The Kier molecular flexibility index (Phi) is 5.15. The van der Waals surface area contributed by atoms with Crippen LogP contribution in [0.2, 0.25) is 0 Å². The van der Waals surface area contributed by atoms with Crippen LogP contribution in [0.25, 0.3) is 0 Å². The summed E-state index contributed by atoms with van der Waals surface area (Å²) in [5.74, 6) is 0.776. The molecule has 0 aliphatic rings. The second kappa shape index (κ2) is 6.43. The van der Waals surface area contributed by atoms with E-state index in [4.69, 9.17) is 9.47 Å². The van der Waals surface area contributed by atoms with E-state index in [2.05, 4.69) is 0 Å². The normalized spacial score (nSPS) is 12.5. The molecule has 0 aliphatic heterocycles. The van der Waals surface area contributed by atoms with Gasteiger partial charge < -0.3 is 14.6 Å². The zero-order chi connectivity index (χ0) is 11.1. The Morgan fingerprint density at radius 2 is 2.13 bits per heavy atom. The van der Waals surface area contributed by atoms with Crippen molar-refractivity contribution in [3.63, 3.8) is 0 Å². The Morgan fingerprint density at radius 1 is 1.33 bits per heavy atom. The lowest BCUT2D eigenvalue weighted by molar-refractivity contribution is 0.136. The monoisotopic (exact) mass is 210 g/mol. The lowest BCUT2D eigenvalue weighted by atomic mass is 10.1. The van der Waals surface area contributed by atoms with Crippen LogP contribution in [0.5, 0.6) is 5.75 Å². The highest BCUT2D eigenvalue weighted by Gasteiger charge is 2.07. The SMILES string of the molecule is COCCCC(O)c1cccc(OC)c1. The average Bonchev–Trinajstić information content (AvgIpc) is 2.29. The van der Waals surface area contributed by atoms with Gasteiger partial charge in [0, 0.05) is 13.7 Å². The predicted octanol–water partition coefficient (Wildman–Crippen LogP) is 2.16. The van der Waals surface area contributed by atoms with Crippen molar-refractivity contribution in [3.8, 4) is 5.75 Å². The lowest BCUT2D eigenvalue weighted by Gasteiger charge is -2.11. The molecule has 0 spiro atoms. The summed E-state index contributed by atoms with van der Waals surface area (Å²) < 4.78 is 10.0. The molecule has 0 aromatic heterocycles. The Balaban J connectivity index is 2.52. The van der Waals surface area contributed by atoms with Gasteiger partial charge in [0.1, 0.15) is 5.75 Å². The van der Waals surface area contributed by atoms with Gasteiger partial charge in [-0.25, -0.2) is 0 Å². The van der Waals surface area contributed by atoms with Crippen LogP contribution in [0.1, 0.15) is 24.5 Å². The smallest absolute Gasteiger partial charge is 0.119 e. The first-order chi connectivity index (χ1) is 7.27. The second-order valence-electron chi connectivity index (χ2n) is 3.43. The molecule has 0 bridgehead atoms. The number of benzene rings is 1. The minimum absolute atomic E-state index is 0.435. The molecule has 0 amide bonds. The zero-order valence-electron chi connectivity index (χ0n) is 9.27. The number of aliphatic hydroxyl groups is 1. The van der Waals surface area contributed by atoms with Crippen LogP contribution in [0.3, 0.4) is 0 Å². The molecule has 1 aromatic rings. The van der Waals surface area contributed by atoms with Gasteiger partial charge in [0.2, 0.25) is 0 Å². The van der Waals surface area contributed by atoms with Crippen molar-refractivity contribution in [2.75, 3.05) is 20.8 Å². The van der Waals surface area contributed by atoms with Crippen LogP contribution in [-0.4, -0.2) is 25.9 Å². The van der Waals surface area contributed by atoms with Crippen molar-refractivity contribution in [2.24, 2.45) is 0 Å². The number of hydrogen-bond acceptors (Lipinski definition) is 3. The molecule has 0 saturated heterocycles. The van der Waals surface area contributed by atoms with Crippen LogP contribution in [0.15, 0.2) is 24.3 Å². The third kappa shape index (κ3) is 3.90. The van der Waals surface area contributed by atoms with E-state index in [-0.39, 0.29) is 0 Å². The molecule has 0 heterocycles. The van der Waals surface area contributed by atoms with Gasteiger partial charge in [-0.1, -0.05) is 12.1 Å². The molecule has 15 heavy (non-hydrogen) atoms. The first kappa shape index (κ1) is 12.0. The average molecular weight is 210 g/mol. The fourth-order valence-corrected chi connectivity index (χ4v) is 1.44. The van der Waals surface area contributed by atoms with Gasteiger partial charge >= 0.3 is 0 Å². The van der Waals surface area contributed by atoms with Gasteiger partial charge in [-0.2, -0.15) is 0 Å². The number of rotatable bonds is 6. The number of methoxy groups -OCH3 is 2. The van der Waals surface area contributed by atoms with E-state index in [9.17, 15) is 5.11 Å². The highest BCUT2D eigenvalue weighted by Crippen LogP contribution is 2.22. The van der Waals surface area contributed by atoms with Crippen LogP contribution < -0.4 is 4.74 Å². The summed E-state index contributed by atoms with van der Waals surface area (Å²) in [6, 6.07) is 7.51. The number of hydrogen-bond donors (Lipinski definition) is 1. The van der Waals surface area contributed by atoms with Gasteiger partial charge in [-0.3, -0.25) is 0 Å². The van der Waals surface area contributed by atoms with E-state index in [1.54, 1.807) is 14.2 Å². The molecular weight excluding hydrogens is 192 g/mol. The standard InChI is InChI=1S/C12H18O3/c1-14-8-4-7-12(13)10-5-3-6-11(9-10)15-2/h3,5-6,9,12-13H,4,7-8H2,1-2H3. The van der Waals surface area contributed by atoms with Crippen LogP contribution in [-0.2, 0) is 4.74 Å². The highest BCUT2D eigenvalue weighted by molar-refractivity contribution is 5.29. The molecule has 1 N–H and O–H groups in total. The van der Waals surface area contributed by atoms with E-state index in [1.807, 2.05) is 24.3 Å². The van der Waals surface area contributed by atoms with E-state index in [0.717, 1.165) is 17.7 Å². The van der Waals surface area contributed by atoms with Gasteiger partial charge in [0.05, 0.1) is 13.2 Å². The zero-order valence-corrected chi connectivity index (χ0v) is 9.27. The quantitative estimate of drug-likeness (QED) is 0.731. The molecular formula is C12H18O3. The summed E-state index contributed by atoms with van der Waals surface area (Å²) in [6.45, 7) is 0.682. The molecule has 84 valence electrons. The van der Waals surface area contributed by atoms with E-state index >= 15 is 0 Å².